The lowest BCUT2D eigenvalue weighted by Crippen LogP contribution is -2.41. The van der Waals surface area contributed by atoms with Gasteiger partial charge in [-0.05, 0) is 44.9 Å². The first kappa shape index (κ1) is 26.4. The van der Waals surface area contributed by atoms with Gasteiger partial charge in [0.25, 0.3) is 0 Å². The fourth-order valence-electron chi connectivity index (χ4n) is 3.76. The molecule has 0 bridgehead atoms. The molecule has 1 unspecified atom stereocenters. The fraction of sp³-hybridized carbons (Fsp3) is 0.379. The Morgan fingerprint density at radius 2 is 1.36 bits per heavy atom. The molecule has 0 N–H and O–H groups in total. The molecular weight excluding hydrogens is 458 g/mol. The van der Waals surface area contributed by atoms with Gasteiger partial charge in [-0.25, -0.2) is 4.39 Å². The second-order valence-electron chi connectivity index (χ2n) is 10.0. The standard InChI is InChI=1S/C29H34BFO5/c1-28(2)29(3,4)36-30(35-28)26-16-15-24(17-27(26)31)34-21-25(33-19-23-13-9-6-10-14-23)20-32-18-22-11-7-5-8-12-22/h5-17,25H,18-21H2,1-4H3. The molecule has 1 heterocycles. The third-order valence-corrected chi connectivity index (χ3v) is 6.66. The third-order valence-electron chi connectivity index (χ3n) is 6.66. The minimum Gasteiger partial charge on any atom is -0.491 e. The highest BCUT2D eigenvalue weighted by atomic mass is 19.1. The van der Waals surface area contributed by atoms with Crippen molar-refractivity contribution >= 4 is 12.6 Å². The minimum absolute atomic E-state index is 0.219. The highest BCUT2D eigenvalue weighted by Crippen LogP contribution is 2.36. The van der Waals surface area contributed by atoms with Crippen molar-refractivity contribution in [3.05, 3.63) is 95.8 Å². The summed E-state index contributed by atoms with van der Waals surface area (Å²) in [6.07, 6.45) is -0.334. The fourth-order valence-corrected chi connectivity index (χ4v) is 3.76. The van der Waals surface area contributed by atoms with Gasteiger partial charge in [0, 0.05) is 11.5 Å². The molecule has 7 heteroatoms. The maximum absolute atomic E-state index is 15.0. The zero-order chi connectivity index (χ0) is 25.6. The summed E-state index contributed by atoms with van der Waals surface area (Å²) in [7, 11) is -0.766. The van der Waals surface area contributed by atoms with Crippen molar-refractivity contribution in [2.45, 2.75) is 58.2 Å². The summed E-state index contributed by atoms with van der Waals surface area (Å²) in [5.41, 5.74) is 1.41. The maximum Gasteiger partial charge on any atom is 0.497 e. The van der Waals surface area contributed by atoms with E-state index in [2.05, 4.69) is 0 Å². The molecule has 0 saturated carbocycles. The lowest BCUT2D eigenvalue weighted by atomic mass is 9.78. The second-order valence-corrected chi connectivity index (χ2v) is 10.0. The van der Waals surface area contributed by atoms with E-state index in [4.69, 9.17) is 23.5 Å². The first-order valence-corrected chi connectivity index (χ1v) is 12.3. The van der Waals surface area contributed by atoms with E-state index in [9.17, 15) is 4.39 Å². The van der Waals surface area contributed by atoms with Crippen molar-refractivity contribution in [1.29, 1.82) is 0 Å². The molecule has 36 heavy (non-hydrogen) atoms. The Balaban J connectivity index is 1.36. The van der Waals surface area contributed by atoms with E-state index in [0.717, 1.165) is 11.1 Å². The summed E-state index contributed by atoms with van der Waals surface area (Å²) in [5.74, 6) is -0.0304. The quantitative estimate of drug-likeness (QED) is 0.340. The van der Waals surface area contributed by atoms with Gasteiger partial charge in [-0.15, -0.1) is 0 Å². The maximum atomic E-state index is 15.0. The molecule has 3 aromatic carbocycles. The summed E-state index contributed by atoms with van der Waals surface area (Å²) in [4.78, 5) is 0. The molecule has 5 nitrogen and oxygen atoms in total. The van der Waals surface area contributed by atoms with Crippen LogP contribution in [-0.4, -0.2) is 37.6 Å². The van der Waals surface area contributed by atoms with E-state index in [1.807, 2.05) is 88.4 Å². The molecule has 3 aromatic rings. The molecule has 0 aliphatic carbocycles. The molecule has 1 aliphatic rings. The molecule has 1 fully saturated rings. The lowest BCUT2D eigenvalue weighted by Gasteiger charge is -2.32. The first-order chi connectivity index (χ1) is 17.2. The van der Waals surface area contributed by atoms with Crippen LogP contribution in [-0.2, 0) is 32.0 Å². The van der Waals surface area contributed by atoms with E-state index in [0.29, 0.717) is 31.0 Å². The predicted octanol–water partition coefficient (Wildman–Crippen LogP) is 5.31. The largest absolute Gasteiger partial charge is 0.497 e. The van der Waals surface area contributed by atoms with Gasteiger partial charge in [-0.2, -0.15) is 0 Å². The molecular formula is C29H34BFO5. The van der Waals surface area contributed by atoms with E-state index in [1.165, 1.54) is 6.07 Å². The van der Waals surface area contributed by atoms with Crippen molar-refractivity contribution in [3.63, 3.8) is 0 Å². The lowest BCUT2D eigenvalue weighted by molar-refractivity contribution is -0.0489. The zero-order valence-corrected chi connectivity index (χ0v) is 21.4. The van der Waals surface area contributed by atoms with Gasteiger partial charge in [-0.1, -0.05) is 66.7 Å². The molecule has 0 spiro atoms. The number of benzene rings is 3. The van der Waals surface area contributed by atoms with Crippen LogP contribution in [0, 0.1) is 5.82 Å². The smallest absolute Gasteiger partial charge is 0.491 e. The number of halogens is 1. The Bertz CT molecular complexity index is 1090. The van der Waals surface area contributed by atoms with Crippen LogP contribution in [0.5, 0.6) is 5.75 Å². The van der Waals surface area contributed by atoms with Gasteiger partial charge < -0.3 is 23.5 Å². The summed E-state index contributed by atoms with van der Waals surface area (Å²) >= 11 is 0. The van der Waals surface area contributed by atoms with Gasteiger partial charge >= 0.3 is 7.12 Å². The third kappa shape index (κ3) is 6.74. The summed E-state index contributed by atoms with van der Waals surface area (Å²) in [6, 6.07) is 24.6. The Hall–Kier alpha value is -2.71. The zero-order valence-electron chi connectivity index (χ0n) is 21.4. The molecule has 0 radical (unpaired) electrons. The van der Waals surface area contributed by atoms with Gasteiger partial charge in [-0.3, -0.25) is 0 Å². The van der Waals surface area contributed by atoms with Crippen LogP contribution in [0.3, 0.4) is 0 Å². The van der Waals surface area contributed by atoms with Crippen molar-refractivity contribution in [1.82, 2.24) is 0 Å². The Morgan fingerprint density at radius 1 is 0.778 bits per heavy atom. The molecule has 0 amide bonds. The van der Waals surface area contributed by atoms with E-state index in [1.54, 1.807) is 12.1 Å². The molecule has 190 valence electrons. The number of rotatable bonds is 11. The average molecular weight is 492 g/mol. The second kappa shape index (κ2) is 11.6. The summed E-state index contributed by atoms with van der Waals surface area (Å²) < 4.78 is 44.9. The normalized spacial score (nSPS) is 17.2. The summed E-state index contributed by atoms with van der Waals surface area (Å²) in [5, 5.41) is 0. The Kier molecular flexibility index (Phi) is 8.47. The number of hydrogen-bond acceptors (Lipinski definition) is 5. The van der Waals surface area contributed by atoms with Crippen LogP contribution in [0.25, 0.3) is 0 Å². The SMILES string of the molecule is CC1(C)OB(c2ccc(OCC(COCc3ccccc3)OCc3ccccc3)cc2F)OC1(C)C. The van der Waals surface area contributed by atoms with E-state index in [-0.39, 0.29) is 12.7 Å². The van der Waals surface area contributed by atoms with E-state index >= 15 is 0 Å². The van der Waals surface area contributed by atoms with Crippen LogP contribution in [0.2, 0.25) is 0 Å². The minimum atomic E-state index is -0.766. The molecule has 1 aliphatic heterocycles. The van der Waals surface area contributed by atoms with Crippen LogP contribution >= 0.6 is 0 Å². The first-order valence-electron chi connectivity index (χ1n) is 12.3. The topological polar surface area (TPSA) is 46.2 Å². The van der Waals surface area contributed by atoms with Crippen molar-refractivity contribution in [2.75, 3.05) is 13.2 Å². The van der Waals surface area contributed by atoms with Crippen molar-refractivity contribution < 1.29 is 27.9 Å². The molecule has 1 atom stereocenters. The number of ether oxygens (including phenoxy) is 3. The van der Waals surface area contributed by atoms with Crippen molar-refractivity contribution in [3.8, 4) is 5.75 Å². The highest BCUT2D eigenvalue weighted by Gasteiger charge is 2.52. The molecule has 1 saturated heterocycles. The Labute approximate surface area is 213 Å². The Morgan fingerprint density at radius 3 is 1.94 bits per heavy atom. The van der Waals surface area contributed by atoms with Crippen molar-refractivity contribution in [2.24, 2.45) is 0 Å². The van der Waals surface area contributed by atoms with Crippen LogP contribution in [0.1, 0.15) is 38.8 Å². The molecule has 4 rings (SSSR count). The van der Waals surface area contributed by atoms with Gasteiger partial charge in [0.1, 0.15) is 24.3 Å². The van der Waals surface area contributed by atoms with E-state index < -0.39 is 24.1 Å². The van der Waals surface area contributed by atoms with Gasteiger partial charge in [0.15, 0.2) is 0 Å². The number of hydrogen-bond donors (Lipinski definition) is 0. The summed E-state index contributed by atoms with van der Waals surface area (Å²) in [6.45, 7) is 9.24. The van der Waals surface area contributed by atoms with Crippen LogP contribution < -0.4 is 10.2 Å². The monoisotopic (exact) mass is 492 g/mol. The van der Waals surface area contributed by atoms with Gasteiger partial charge in [0.05, 0.1) is 31.0 Å². The molecule has 0 aromatic heterocycles. The predicted molar refractivity (Wildman–Crippen MR) is 139 cm³/mol. The highest BCUT2D eigenvalue weighted by molar-refractivity contribution is 6.62. The van der Waals surface area contributed by atoms with Crippen LogP contribution in [0.15, 0.2) is 78.9 Å². The average Bonchev–Trinajstić information content (AvgIpc) is 3.08. The van der Waals surface area contributed by atoms with Crippen LogP contribution in [0.4, 0.5) is 4.39 Å². The van der Waals surface area contributed by atoms with Gasteiger partial charge in [0.2, 0.25) is 0 Å².